The van der Waals surface area contributed by atoms with E-state index in [1.165, 1.54) is 18.2 Å². The number of benzene rings is 1. The zero-order valence-electron chi connectivity index (χ0n) is 11.0. The molecule has 0 aliphatic rings. The van der Waals surface area contributed by atoms with Gasteiger partial charge in [0.15, 0.2) is 0 Å². The third-order valence-corrected chi connectivity index (χ3v) is 3.32. The van der Waals surface area contributed by atoms with E-state index in [1.54, 1.807) is 4.90 Å². The first kappa shape index (κ1) is 16.5. The lowest BCUT2D eigenvalue weighted by Crippen LogP contribution is -2.35. The molecule has 1 aromatic carbocycles. The fourth-order valence-electron chi connectivity index (χ4n) is 1.60. The first-order valence-corrected chi connectivity index (χ1v) is 6.84. The van der Waals surface area contributed by atoms with E-state index in [0.29, 0.717) is 23.2 Å². The summed E-state index contributed by atoms with van der Waals surface area (Å²) in [6.45, 7) is 3.11. The number of likely N-dealkylation sites (N-methyl/N-ethyl adjacent to an activating group) is 1. The van der Waals surface area contributed by atoms with E-state index in [0.717, 1.165) is 0 Å². The van der Waals surface area contributed by atoms with Crippen LogP contribution in [-0.4, -0.2) is 47.1 Å². The van der Waals surface area contributed by atoms with Crippen LogP contribution in [0.3, 0.4) is 0 Å². The van der Waals surface area contributed by atoms with Crippen LogP contribution in [0, 0.1) is 10.1 Å². The fourth-order valence-corrected chi connectivity index (χ4v) is 2.07. The summed E-state index contributed by atoms with van der Waals surface area (Å²) in [5.74, 6) is -0.241. The van der Waals surface area contributed by atoms with Crippen molar-refractivity contribution in [3.63, 3.8) is 0 Å². The van der Waals surface area contributed by atoms with Gasteiger partial charge in [0.2, 0.25) is 5.91 Å². The van der Waals surface area contributed by atoms with Gasteiger partial charge in [0.25, 0.3) is 5.69 Å². The maximum Gasteiger partial charge on any atom is 0.270 e. The van der Waals surface area contributed by atoms with Gasteiger partial charge in [-0.25, -0.2) is 0 Å². The molecule has 1 rings (SSSR count). The molecule has 0 saturated carbocycles. The van der Waals surface area contributed by atoms with Gasteiger partial charge in [-0.15, -0.1) is 0 Å². The van der Waals surface area contributed by atoms with Gasteiger partial charge >= 0.3 is 0 Å². The summed E-state index contributed by atoms with van der Waals surface area (Å²) in [5.41, 5.74) is 0.422. The molecule has 1 aromatic rings. The zero-order valence-corrected chi connectivity index (χ0v) is 12.6. The summed E-state index contributed by atoms with van der Waals surface area (Å²) in [7, 11) is 0. The molecule has 0 fully saturated rings. The minimum Gasteiger partial charge on any atom is -0.395 e. The monoisotopic (exact) mass is 345 g/mol. The van der Waals surface area contributed by atoms with Crippen LogP contribution in [0.5, 0.6) is 0 Å². The molecule has 0 aliphatic heterocycles. The van der Waals surface area contributed by atoms with Crippen LogP contribution in [0.1, 0.15) is 6.92 Å². The Morgan fingerprint density at radius 2 is 2.25 bits per heavy atom. The van der Waals surface area contributed by atoms with Crippen LogP contribution < -0.4 is 5.32 Å². The van der Waals surface area contributed by atoms with Gasteiger partial charge in [-0.05, 0) is 28.5 Å². The number of aliphatic hydroxyl groups is 1. The van der Waals surface area contributed by atoms with Crippen molar-refractivity contribution in [3.8, 4) is 0 Å². The summed E-state index contributed by atoms with van der Waals surface area (Å²) in [4.78, 5) is 23.7. The summed E-state index contributed by atoms with van der Waals surface area (Å²) in [5, 5.41) is 22.1. The van der Waals surface area contributed by atoms with Crippen LogP contribution in [0.15, 0.2) is 22.7 Å². The van der Waals surface area contributed by atoms with Crippen molar-refractivity contribution in [2.45, 2.75) is 6.92 Å². The largest absolute Gasteiger partial charge is 0.395 e. The molecule has 0 heterocycles. The van der Waals surface area contributed by atoms with Gasteiger partial charge in [0, 0.05) is 23.2 Å². The first-order chi connectivity index (χ1) is 9.47. The minimum absolute atomic E-state index is 0.0116. The number of rotatable bonds is 7. The maximum atomic E-state index is 11.8. The molecule has 1 amide bonds. The molecule has 20 heavy (non-hydrogen) atoms. The highest BCUT2D eigenvalue weighted by Gasteiger charge is 2.13. The lowest BCUT2D eigenvalue weighted by molar-refractivity contribution is -0.384. The van der Waals surface area contributed by atoms with E-state index in [1.807, 2.05) is 6.92 Å². The molecule has 0 aromatic heterocycles. The fraction of sp³-hybridized carbons (Fsp3) is 0.417. The Hall–Kier alpha value is -1.51. The second-order valence-corrected chi connectivity index (χ2v) is 4.92. The standard InChI is InChI=1S/C12H16BrN3O4/c1-2-15(5-6-17)8-12(18)14-11-4-3-9(16(19)20)7-10(11)13/h3-4,7,17H,2,5-6,8H2,1H3,(H,14,18). The number of amides is 1. The number of nitrogens with zero attached hydrogens (tertiary/aromatic N) is 2. The minimum atomic E-state index is -0.504. The van der Waals surface area contributed by atoms with Gasteiger partial charge in [0.1, 0.15) is 0 Å². The number of hydrogen-bond acceptors (Lipinski definition) is 5. The molecule has 2 N–H and O–H groups in total. The zero-order chi connectivity index (χ0) is 15.1. The Morgan fingerprint density at radius 3 is 2.75 bits per heavy atom. The average molecular weight is 346 g/mol. The molecule has 0 unspecified atom stereocenters. The highest BCUT2D eigenvalue weighted by molar-refractivity contribution is 9.10. The molecule has 0 radical (unpaired) electrons. The third-order valence-electron chi connectivity index (χ3n) is 2.67. The number of aliphatic hydroxyl groups excluding tert-OH is 1. The lowest BCUT2D eigenvalue weighted by atomic mass is 10.3. The van der Waals surface area contributed by atoms with Crippen LogP contribution in [0.4, 0.5) is 11.4 Å². The lowest BCUT2D eigenvalue weighted by Gasteiger charge is -2.18. The van der Waals surface area contributed by atoms with Crippen LogP contribution in [0.25, 0.3) is 0 Å². The van der Waals surface area contributed by atoms with E-state index in [4.69, 9.17) is 5.11 Å². The molecule has 0 atom stereocenters. The van der Waals surface area contributed by atoms with Gasteiger partial charge < -0.3 is 10.4 Å². The molecule has 0 saturated heterocycles. The van der Waals surface area contributed by atoms with Crippen LogP contribution in [0.2, 0.25) is 0 Å². The molecule has 0 aliphatic carbocycles. The highest BCUT2D eigenvalue weighted by Crippen LogP contribution is 2.26. The molecule has 110 valence electrons. The molecular weight excluding hydrogens is 330 g/mol. The number of carbonyl (C=O) groups is 1. The number of anilines is 1. The van der Waals surface area contributed by atoms with E-state index in [2.05, 4.69) is 21.2 Å². The third kappa shape index (κ3) is 4.87. The van der Waals surface area contributed by atoms with Crippen molar-refractivity contribution in [3.05, 3.63) is 32.8 Å². The summed E-state index contributed by atoms with van der Waals surface area (Å²) < 4.78 is 0.449. The van der Waals surface area contributed by atoms with Crippen molar-refractivity contribution >= 4 is 33.2 Å². The van der Waals surface area contributed by atoms with Gasteiger partial charge in [-0.1, -0.05) is 6.92 Å². The Morgan fingerprint density at radius 1 is 1.55 bits per heavy atom. The Labute approximate surface area is 124 Å². The van der Waals surface area contributed by atoms with Gasteiger partial charge in [-0.3, -0.25) is 19.8 Å². The van der Waals surface area contributed by atoms with Crippen LogP contribution in [-0.2, 0) is 4.79 Å². The predicted octanol–water partition coefficient (Wildman–Crippen LogP) is 1.61. The number of carbonyl (C=O) groups excluding carboxylic acids is 1. The van der Waals surface area contributed by atoms with Crippen molar-refractivity contribution in [1.29, 1.82) is 0 Å². The number of halogens is 1. The summed E-state index contributed by atoms with van der Waals surface area (Å²) >= 11 is 3.19. The normalized spacial score (nSPS) is 10.6. The molecule has 0 bridgehead atoms. The van der Waals surface area contributed by atoms with Crippen molar-refractivity contribution in [2.75, 3.05) is 31.6 Å². The maximum absolute atomic E-state index is 11.8. The second kappa shape index (κ2) is 7.93. The van der Waals surface area contributed by atoms with E-state index >= 15 is 0 Å². The number of nitro benzene ring substituents is 1. The number of non-ortho nitro benzene ring substituents is 1. The Bertz CT molecular complexity index is 496. The second-order valence-electron chi connectivity index (χ2n) is 4.06. The smallest absolute Gasteiger partial charge is 0.270 e. The van der Waals surface area contributed by atoms with E-state index in [9.17, 15) is 14.9 Å². The average Bonchev–Trinajstić information content (AvgIpc) is 2.40. The highest BCUT2D eigenvalue weighted by atomic mass is 79.9. The topological polar surface area (TPSA) is 95.7 Å². The van der Waals surface area contributed by atoms with E-state index < -0.39 is 4.92 Å². The van der Waals surface area contributed by atoms with Crippen molar-refractivity contribution in [1.82, 2.24) is 4.90 Å². The number of nitrogens with one attached hydrogen (secondary N) is 1. The Kier molecular flexibility index (Phi) is 6.56. The molecule has 7 nitrogen and oxygen atoms in total. The SMILES string of the molecule is CCN(CCO)CC(=O)Nc1ccc([N+](=O)[O-])cc1Br. The number of nitro groups is 1. The quantitative estimate of drug-likeness (QED) is 0.578. The van der Waals surface area contributed by atoms with Crippen LogP contribution >= 0.6 is 15.9 Å². The molecular formula is C12H16BrN3O4. The van der Waals surface area contributed by atoms with Gasteiger partial charge in [0.05, 0.1) is 23.8 Å². The molecule has 8 heteroatoms. The van der Waals surface area contributed by atoms with E-state index in [-0.39, 0.29) is 24.7 Å². The number of hydrogen-bond donors (Lipinski definition) is 2. The van der Waals surface area contributed by atoms with Gasteiger partial charge in [-0.2, -0.15) is 0 Å². The predicted molar refractivity (Wildman–Crippen MR) is 78.6 cm³/mol. The summed E-state index contributed by atoms with van der Waals surface area (Å²) in [6.07, 6.45) is 0. The molecule has 0 spiro atoms. The van der Waals surface area contributed by atoms with Crippen molar-refractivity contribution < 1.29 is 14.8 Å². The summed E-state index contributed by atoms with van der Waals surface area (Å²) in [6, 6.07) is 4.13. The van der Waals surface area contributed by atoms with Crippen molar-refractivity contribution in [2.24, 2.45) is 0 Å². The first-order valence-electron chi connectivity index (χ1n) is 6.05. The Balaban J connectivity index is 2.68.